The number of benzene rings is 1. The highest BCUT2D eigenvalue weighted by atomic mass is 35.5. The summed E-state index contributed by atoms with van der Waals surface area (Å²) in [6, 6.07) is 10.2. The average Bonchev–Trinajstić information content (AvgIpc) is 2.45. The van der Waals surface area contributed by atoms with Crippen molar-refractivity contribution in [2.24, 2.45) is 4.99 Å². The number of aliphatic imine (C=N–C) groups is 1. The van der Waals surface area contributed by atoms with E-state index in [0.717, 1.165) is 5.57 Å². The normalized spacial score (nSPS) is 12.6. The summed E-state index contributed by atoms with van der Waals surface area (Å²) in [5.41, 5.74) is 2.31. The molecule has 0 aliphatic carbocycles. The minimum Gasteiger partial charge on any atom is -0.353 e. The van der Waals surface area contributed by atoms with Crippen LogP contribution in [0, 0.1) is 5.41 Å². The van der Waals surface area contributed by atoms with Crippen LogP contribution >= 0.6 is 11.6 Å². The quantitative estimate of drug-likeness (QED) is 0.444. The van der Waals surface area contributed by atoms with Gasteiger partial charge in [0.05, 0.1) is 12.9 Å². The van der Waals surface area contributed by atoms with Crippen LogP contribution in [-0.2, 0) is 0 Å². The molecule has 0 aliphatic heterocycles. The van der Waals surface area contributed by atoms with Crippen LogP contribution in [0.15, 0.2) is 65.8 Å². The van der Waals surface area contributed by atoms with E-state index in [1.807, 2.05) is 31.2 Å². The lowest BCUT2D eigenvalue weighted by Crippen LogP contribution is -2.01. The lowest BCUT2D eigenvalue weighted by Gasteiger charge is -2.01. The highest BCUT2D eigenvalue weighted by molar-refractivity contribution is 6.67. The van der Waals surface area contributed by atoms with Gasteiger partial charge in [0, 0.05) is 6.20 Å². The van der Waals surface area contributed by atoms with Gasteiger partial charge in [-0.15, -0.1) is 0 Å². The van der Waals surface area contributed by atoms with Gasteiger partial charge in [-0.25, -0.2) is 0 Å². The number of hydrogen-bond acceptors (Lipinski definition) is 2. The Morgan fingerprint density at radius 3 is 2.70 bits per heavy atom. The Hall–Kier alpha value is -2.13. The topological polar surface area (TPSA) is 48.2 Å². The van der Waals surface area contributed by atoms with Gasteiger partial charge in [-0.1, -0.05) is 60.2 Å². The van der Waals surface area contributed by atoms with Gasteiger partial charge in [-0.05, 0) is 24.1 Å². The highest BCUT2D eigenvalue weighted by Gasteiger charge is 1.94. The monoisotopic (exact) mass is 287 g/mol. The molecule has 0 aliphatic rings. The molecule has 104 valence electrons. The second-order valence-corrected chi connectivity index (χ2v) is 4.27. The third-order valence-electron chi connectivity index (χ3n) is 2.36. The van der Waals surface area contributed by atoms with Gasteiger partial charge in [-0.3, -0.25) is 10.4 Å². The van der Waals surface area contributed by atoms with Gasteiger partial charge >= 0.3 is 0 Å². The van der Waals surface area contributed by atoms with Crippen molar-refractivity contribution in [3.8, 4) is 0 Å². The molecule has 0 fully saturated rings. The largest absolute Gasteiger partial charge is 0.353 e. The van der Waals surface area contributed by atoms with Crippen LogP contribution in [0.2, 0.25) is 0 Å². The standard InChI is InChI=1S/C16H18ClN3/c1-2-6-14(15-7-4-3-5-8-15)9-11-19-13-20-12-10-16(17)18/h2-10,12-13,18H,11H2,1H3,(H,19,20)/b6-2-,12-10-,14-9+,18-16?. The molecule has 20 heavy (non-hydrogen) atoms. The van der Waals surface area contributed by atoms with Gasteiger partial charge in [0.15, 0.2) is 0 Å². The first-order valence-electron chi connectivity index (χ1n) is 6.27. The molecule has 0 spiro atoms. The van der Waals surface area contributed by atoms with Crippen molar-refractivity contribution in [3.05, 3.63) is 66.4 Å². The third kappa shape index (κ3) is 6.71. The summed E-state index contributed by atoms with van der Waals surface area (Å²) in [4.78, 5) is 4.20. The summed E-state index contributed by atoms with van der Waals surface area (Å²) in [6.45, 7) is 2.57. The molecule has 0 saturated heterocycles. The first kappa shape index (κ1) is 15.9. The van der Waals surface area contributed by atoms with E-state index in [1.165, 1.54) is 11.6 Å². The van der Waals surface area contributed by atoms with E-state index in [2.05, 4.69) is 34.6 Å². The summed E-state index contributed by atoms with van der Waals surface area (Å²) in [5, 5.41) is 9.78. The number of allylic oxidation sites excluding steroid dienone is 4. The van der Waals surface area contributed by atoms with Crippen LogP contribution in [0.4, 0.5) is 0 Å². The van der Waals surface area contributed by atoms with E-state index in [0.29, 0.717) is 6.54 Å². The second kappa shape index (κ2) is 9.75. The number of nitrogens with zero attached hydrogens (tertiary/aromatic N) is 1. The maximum absolute atomic E-state index is 6.99. The molecule has 2 N–H and O–H groups in total. The molecule has 0 radical (unpaired) electrons. The summed E-state index contributed by atoms with van der Waals surface area (Å²) in [6.07, 6.45) is 10.7. The van der Waals surface area contributed by atoms with Crippen molar-refractivity contribution < 1.29 is 0 Å². The molecule has 0 unspecified atom stereocenters. The molecule has 0 aromatic heterocycles. The summed E-state index contributed by atoms with van der Waals surface area (Å²) >= 11 is 5.36. The Kier molecular flexibility index (Phi) is 7.77. The van der Waals surface area contributed by atoms with Crippen LogP contribution in [0.1, 0.15) is 12.5 Å². The molecule has 0 bridgehead atoms. The SMILES string of the molecule is C/C=C\C(=C/CN=CN/C=C\C(=N)Cl)c1ccccc1. The van der Waals surface area contributed by atoms with Crippen molar-refractivity contribution in [1.82, 2.24) is 5.32 Å². The molecule has 3 nitrogen and oxygen atoms in total. The summed E-state index contributed by atoms with van der Waals surface area (Å²) in [5.74, 6) is 0. The number of hydrogen-bond donors (Lipinski definition) is 2. The molecular weight excluding hydrogens is 270 g/mol. The van der Waals surface area contributed by atoms with Gasteiger partial charge in [0.1, 0.15) is 5.17 Å². The lowest BCUT2D eigenvalue weighted by atomic mass is 10.1. The number of rotatable bonds is 7. The zero-order valence-electron chi connectivity index (χ0n) is 11.4. The van der Waals surface area contributed by atoms with Gasteiger partial charge in [0.25, 0.3) is 0 Å². The molecule has 0 atom stereocenters. The van der Waals surface area contributed by atoms with Crippen molar-refractivity contribution in [1.29, 1.82) is 5.41 Å². The van der Waals surface area contributed by atoms with Crippen LogP contribution in [0.3, 0.4) is 0 Å². The molecule has 1 aromatic carbocycles. The molecule has 0 heterocycles. The number of halogens is 1. The Morgan fingerprint density at radius 1 is 1.30 bits per heavy atom. The van der Waals surface area contributed by atoms with E-state index in [4.69, 9.17) is 17.0 Å². The summed E-state index contributed by atoms with van der Waals surface area (Å²) in [7, 11) is 0. The van der Waals surface area contributed by atoms with Gasteiger partial charge in [0.2, 0.25) is 0 Å². The molecule has 0 saturated carbocycles. The van der Waals surface area contributed by atoms with Crippen molar-refractivity contribution in [2.45, 2.75) is 6.92 Å². The Labute approximate surface area is 124 Å². The highest BCUT2D eigenvalue weighted by Crippen LogP contribution is 2.15. The average molecular weight is 288 g/mol. The van der Waals surface area contributed by atoms with Crippen molar-refractivity contribution in [2.75, 3.05) is 6.54 Å². The van der Waals surface area contributed by atoms with E-state index >= 15 is 0 Å². The van der Waals surface area contributed by atoms with Crippen molar-refractivity contribution in [3.63, 3.8) is 0 Å². The molecule has 4 heteroatoms. The lowest BCUT2D eigenvalue weighted by molar-refractivity contribution is 1.20. The second-order valence-electron chi connectivity index (χ2n) is 3.87. The molecule has 0 amide bonds. The molecule has 1 aromatic rings. The zero-order valence-corrected chi connectivity index (χ0v) is 12.1. The maximum atomic E-state index is 6.99. The predicted molar refractivity (Wildman–Crippen MR) is 88.4 cm³/mol. The van der Waals surface area contributed by atoms with E-state index in [1.54, 1.807) is 12.5 Å². The fourth-order valence-electron chi connectivity index (χ4n) is 1.51. The Balaban J connectivity index is 2.57. The predicted octanol–water partition coefficient (Wildman–Crippen LogP) is 3.99. The fourth-order valence-corrected chi connectivity index (χ4v) is 1.58. The third-order valence-corrected chi connectivity index (χ3v) is 2.49. The van der Waals surface area contributed by atoms with E-state index in [9.17, 15) is 0 Å². The zero-order chi connectivity index (χ0) is 14.6. The van der Waals surface area contributed by atoms with Gasteiger partial charge < -0.3 is 5.32 Å². The smallest absolute Gasteiger partial charge is 0.122 e. The van der Waals surface area contributed by atoms with Gasteiger partial charge in [-0.2, -0.15) is 0 Å². The molecular formula is C16H18ClN3. The van der Waals surface area contributed by atoms with E-state index < -0.39 is 0 Å². The van der Waals surface area contributed by atoms with E-state index in [-0.39, 0.29) is 5.17 Å². The minimum absolute atomic E-state index is 0.0229. The van der Waals surface area contributed by atoms with Crippen LogP contribution in [0.5, 0.6) is 0 Å². The van der Waals surface area contributed by atoms with Crippen LogP contribution in [-0.4, -0.2) is 18.1 Å². The van der Waals surface area contributed by atoms with Crippen molar-refractivity contribution >= 4 is 28.7 Å². The Morgan fingerprint density at radius 2 is 2.05 bits per heavy atom. The van der Waals surface area contributed by atoms with Crippen LogP contribution in [0.25, 0.3) is 5.57 Å². The minimum atomic E-state index is -0.0229. The first-order valence-corrected chi connectivity index (χ1v) is 6.65. The maximum Gasteiger partial charge on any atom is 0.122 e. The Bertz CT molecular complexity index is 528. The fraction of sp³-hybridized carbons (Fsp3) is 0.125. The number of nitrogens with one attached hydrogen (secondary N) is 2. The summed E-state index contributed by atoms with van der Waals surface area (Å²) < 4.78 is 0. The molecule has 1 rings (SSSR count). The van der Waals surface area contributed by atoms with Crippen LogP contribution < -0.4 is 5.32 Å². The first-order chi connectivity index (χ1) is 9.74.